The van der Waals surface area contributed by atoms with Crippen LogP contribution in [-0.4, -0.2) is 0 Å². The molecule has 0 unspecified atom stereocenters. The zero-order valence-electron chi connectivity index (χ0n) is 27.0. The molecule has 48 heavy (non-hydrogen) atoms. The van der Waals surface area contributed by atoms with Gasteiger partial charge in [-0.15, -0.1) is 0 Å². The Kier molecular flexibility index (Phi) is 6.92. The summed E-state index contributed by atoms with van der Waals surface area (Å²) < 4.78 is 41.0. The Labute approximate surface area is 278 Å². The van der Waals surface area contributed by atoms with Gasteiger partial charge in [0.05, 0.1) is 5.56 Å². The molecule has 0 spiro atoms. The van der Waals surface area contributed by atoms with Gasteiger partial charge in [0.15, 0.2) is 0 Å². The van der Waals surface area contributed by atoms with E-state index in [9.17, 15) is 13.2 Å². The first-order valence-corrected chi connectivity index (χ1v) is 16.3. The molecule has 0 aromatic heterocycles. The molecule has 0 N–H and O–H groups in total. The second-order valence-corrected chi connectivity index (χ2v) is 13.6. The molecule has 8 aromatic carbocycles. The van der Waals surface area contributed by atoms with E-state index in [-0.39, 0.29) is 5.41 Å². The second-order valence-electron chi connectivity index (χ2n) is 13.6. The van der Waals surface area contributed by atoms with Crippen LogP contribution >= 0.6 is 0 Å². The molecule has 0 aliphatic carbocycles. The summed E-state index contributed by atoms with van der Waals surface area (Å²) in [5, 5.41) is 8.81. The monoisotopic (exact) mass is 630 g/mol. The maximum absolute atomic E-state index is 13.7. The molecule has 8 aromatic rings. The van der Waals surface area contributed by atoms with Crippen molar-refractivity contribution in [2.24, 2.45) is 0 Å². The summed E-state index contributed by atoms with van der Waals surface area (Å²) in [7, 11) is 0. The number of hydrogen-bond acceptors (Lipinski definition) is 0. The standard InChI is InChI=1S/C45H33F3/c1-44(2,3)32-21-16-28(17-22-32)30-20-25-39-41(26-30)42(29-18-23-33(24-19-29)45(46,47)48)37-14-8-9-15-38(37)43(39)40-27-31-10-4-5-11-34(31)35-12-6-7-13-36(35)40/h4-27H,1-3H3. The van der Waals surface area contributed by atoms with E-state index in [1.165, 1.54) is 28.5 Å². The number of hydrogen-bond donors (Lipinski definition) is 0. The highest BCUT2D eigenvalue weighted by Crippen LogP contribution is 2.47. The van der Waals surface area contributed by atoms with Gasteiger partial charge in [-0.25, -0.2) is 0 Å². The Balaban J connectivity index is 1.48. The van der Waals surface area contributed by atoms with Crippen molar-refractivity contribution in [1.82, 2.24) is 0 Å². The fraction of sp³-hybridized carbons (Fsp3) is 0.111. The summed E-state index contributed by atoms with van der Waals surface area (Å²) in [4.78, 5) is 0. The van der Waals surface area contributed by atoms with E-state index in [1.807, 2.05) is 12.1 Å². The minimum atomic E-state index is -4.41. The number of halogens is 3. The normalized spacial score (nSPS) is 12.4. The molecule has 3 heteroatoms. The van der Waals surface area contributed by atoms with Crippen LogP contribution in [0.4, 0.5) is 13.2 Å². The van der Waals surface area contributed by atoms with Crippen molar-refractivity contribution in [3.8, 4) is 33.4 Å². The van der Waals surface area contributed by atoms with Crippen molar-refractivity contribution >= 4 is 43.1 Å². The maximum atomic E-state index is 13.7. The number of fused-ring (bicyclic) bond motifs is 5. The third-order valence-corrected chi connectivity index (χ3v) is 9.65. The van der Waals surface area contributed by atoms with Gasteiger partial charge in [0.2, 0.25) is 0 Å². The summed E-state index contributed by atoms with van der Waals surface area (Å²) in [6.07, 6.45) is -4.41. The van der Waals surface area contributed by atoms with E-state index in [0.29, 0.717) is 0 Å². The fourth-order valence-corrected chi connectivity index (χ4v) is 7.21. The Morgan fingerprint density at radius 1 is 0.375 bits per heavy atom. The zero-order chi connectivity index (χ0) is 33.2. The van der Waals surface area contributed by atoms with Crippen LogP contribution in [0.25, 0.3) is 76.5 Å². The van der Waals surface area contributed by atoms with E-state index in [0.717, 1.165) is 65.7 Å². The van der Waals surface area contributed by atoms with Crippen molar-refractivity contribution < 1.29 is 13.2 Å². The van der Waals surface area contributed by atoms with Crippen LogP contribution in [0.5, 0.6) is 0 Å². The lowest BCUT2D eigenvalue weighted by atomic mass is 9.82. The molecule has 0 heterocycles. The van der Waals surface area contributed by atoms with E-state index in [4.69, 9.17) is 0 Å². The molecule has 0 saturated heterocycles. The van der Waals surface area contributed by atoms with Gasteiger partial charge in [0.1, 0.15) is 0 Å². The molecule has 0 fully saturated rings. The predicted molar refractivity (Wildman–Crippen MR) is 196 cm³/mol. The Hall–Kier alpha value is -5.41. The van der Waals surface area contributed by atoms with Gasteiger partial charge in [-0.05, 0) is 112 Å². The Bertz CT molecular complexity index is 2490. The van der Waals surface area contributed by atoms with Crippen molar-refractivity contribution in [2.45, 2.75) is 32.4 Å². The van der Waals surface area contributed by atoms with Crippen LogP contribution in [0.3, 0.4) is 0 Å². The maximum Gasteiger partial charge on any atom is 0.416 e. The molecular weight excluding hydrogens is 597 g/mol. The van der Waals surface area contributed by atoms with Crippen LogP contribution < -0.4 is 0 Å². The predicted octanol–water partition coefficient (Wildman–Crippen LogP) is 13.6. The van der Waals surface area contributed by atoms with E-state index < -0.39 is 11.7 Å². The quantitative estimate of drug-likeness (QED) is 0.135. The topological polar surface area (TPSA) is 0 Å². The number of alkyl halides is 3. The van der Waals surface area contributed by atoms with Gasteiger partial charge in [0, 0.05) is 0 Å². The zero-order valence-corrected chi connectivity index (χ0v) is 27.0. The van der Waals surface area contributed by atoms with Crippen molar-refractivity contribution in [2.75, 3.05) is 0 Å². The van der Waals surface area contributed by atoms with Crippen molar-refractivity contribution in [3.05, 3.63) is 157 Å². The molecule has 0 aliphatic rings. The molecule has 0 atom stereocenters. The molecule has 234 valence electrons. The van der Waals surface area contributed by atoms with Crippen LogP contribution in [0, 0.1) is 0 Å². The summed E-state index contributed by atoms with van der Waals surface area (Å²) >= 11 is 0. The Morgan fingerprint density at radius 2 is 0.875 bits per heavy atom. The van der Waals surface area contributed by atoms with Gasteiger partial charge in [-0.3, -0.25) is 0 Å². The van der Waals surface area contributed by atoms with Crippen LogP contribution in [-0.2, 0) is 11.6 Å². The molecule has 0 nitrogen and oxygen atoms in total. The third-order valence-electron chi connectivity index (χ3n) is 9.65. The number of benzene rings is 8. The molecule has 0 amide bonds. The van der Waals surface area contributed by atoms with Crippen LogP contribution in [0.15, 0.2) is 146 Å². The van der Waals surface area contributed by atoms with Gasteiger partial charge in [-0.1, -0.05) is 142 Å². The fourth-order valence-electron chi connectivity index (χ4n) is 7.21. The third kappa shape index (κ3) is 5.02. The van der Waals surface area contributed by atoms with Crippen LogP contribution in [0.1, 0.15) is 31.9 Å². The van der Waals surface area contributed by atoms with Crippen molar-refractivity contribution in [3.63, 3.8) is 0 Å². The van der Waals surface area contributed by atoms with Gasteiger partial charge >= 0.3 is 6.18 Å². The summed E-state index contributed by atoms with van der Waals surface area (Å²) in [6, 6.07) is 48.5. The van der Waals surface area contributed by atoms with E-state index in [1.54, 1.807) is 12.1 Å². The Morgan fingerprint density at radius 3 is 1.52 bits per heavy atom. The number of rotatable bonds is 3. The lowest BCUT2D eigenvalue weighted by Crippen LogP contribution is -2.10. The SMILES string of the molecule is CC(C)(C)c1ccc(-c2ccc3c(-c4cc5ccccc5c5ccccc45)c4ccccc4c(-c4ccc(C(F)(F)F)cc4)c3c2)cc1. The molecule has 0 saturated carbocycles. The van der Waals surface area contributed by atoms with Crippen LogP contribution in [0.2, 0.25) is 0 Å². The average Bonchev–Trinajstić information content (AvgIpc) is 3.09. The average molecular weight is 631 g/mol. The lowest BCUT2D eigenvalue weighted by molar-refractivity contribution is -0.137. The highest BCUT2D eigenvalue weighted by Gasteiger charge is 2.30. The van der Waals surface area contributed by atoms with Gasteiger partial charge < -0.3 is 0 Å². The van der Waals surface area contributed by atoms with Crippen molar-refractivity contribution in [1.29, 1.82) is 0 Å². The largest absolute Gasteiger partial charge is 0.416 e. The summed E-state index contributed by atoms with van der Waals surface area (Å²) in [5.74, 6) is 0. The summed E-state index contributed by atoms with van der Waals surface area (Å²) in [5.41, 5.74) is 6.71. The first kappa shape index (κ1) is 30.0. The summed E-state index contributed by atoms with van der Waals surface area (Å²) in [6.45, 7) is 6.62. The highest BCUT2D eigenvalue weighted by molar-refractivity contribution is 6.26. The molecule has 0 aliphatic heterocycles. The van der Waals surface area contributed by atoms with Gasteiger partial charge in [-0.2, -0.15) is 13.2 Å². The smallest absolute Gasteiger partial charge is 0.166 e. The molecular formula is C45H33F3. The van der Waals surface area contributed by atoms with E-state index in [2.05, 4.69) is 130 Å². The molecule has 0 bridgehead atoms. The first-order chi connectivity index (χ1) is 23.1. The highest BCUT2D eigenvalue weighted by atomic mass is 19.4. The first-order valence-electron chi connectivity index (χ1n) is 16.3. The molecule has 8 rings (SSSR count). The minimum Gasteiger partial charge on any atom is -0.166 e. The second kappa shape index (κ2) is 11.1. The molecule has 0 radical (unpaired) electrons. The minimum absolute atomic E-state index is 0.0358. The van der Waals surface area contributed by atoms with Gasteiger partial charge in [0.25, 0.3) is 0 Å². The van der Waals surface area contributed by atoms with E-state index >= 15 is 0 Å². The lowest BCUT2D eigenvalue weighted by Gasteiger charge is -2.21.